The quantitative estimate of drug-likeness (QED) is 0.541. The van der Waals surface area contributed by atoms with Gasteiger partial charge in [-0.3, -0.25) is 9.59 Å². The van der Waals surface area contributed by atoms with Crippen molar-refractivity contribution in [2.75, 3.05) is 7.11 Å². The van der Waals surface area contributed by atoms with Crippen molar-refractivity contribution in [1.82, 2.24) is 4.98 Å². The standard InChI is InChI=1S/C8H7NO4/c1-13-8(12)5-2-9-7(4-11)6(5)3-10/h2-4,9H,1H3. The molecule has 0 aliphatic heterocycles. The number of carbonyl (C=O) groups excluding carboxylic acids is 3. The van der Waals surface area contributed by atoms with Crippen LogP contribution in [0.5, 0.6) is 0 Å². The minimum atomic E-state index is -0.647. The van der Waals surface area contributed by atoms with E-state index in [1.807, 2.05) is 0 Å². The molecule has 1 aromatic rings. The molecule has 0 spiro atoms. The van der Waals surface area contributed by atoms with Gasteiger partial charge in [-0.25, -0.2) is 4.79 Å². The maximum absolute atomic E-state index is 11.0. The molecule has 0 saturated heterocycles. The van der Waals surface area contributed by atoms with Crippen molar-refractivity contribution in [1.29, 1.82) is 0 Å². The van der Waals surface area contributed by atoms with Crippen LogP contribution in [0.4, 0.5) is 0 Å². The third-order valence-electron chi connectivity index (χ3n) is 1.59. The van der Waals surface area contributed by atoms with E-state index in [1.165, 1.54) is 13.3 Å². The minimum Gasteiger partial charge on any atom is -0.465 e. The van der Waals surface area contributed by atoms with Crippen LogP contribution in [0.3, 0.4) is 0 Å². The number of nitrogens with one attached hydrogen (secondary N) is 1. The zero-order valence-electron chi connectivity index (χ0n) is 6.87. The number of methoxy groups -OCH3 is 1. The first kappa shape index (κ1) is 9.18. The molecule has 5 nitrogen and oxygen atoms in total. The van der Waals surface area contributed by atoms with E-state index in [9.17, 15) is 14.4 Å². The van der Waals surface area contributed by atoms with E-state index in [-0.39, 0.29) is 16.8 Å². The van der Waals surface area contributed by atoms with Crippen LogP contribution in [0.2, 0.25) is 0 Å². The molecule has 0 aliphatic carbocycles. The molecule has 13 heavy (non-hydrogen) atoms. The Bertz CT molecular complexity index is 353. The molecule has 1 heterocycles. The lowest BCUT2D eigenvalue weighted by atomic mass is 10.2. The largest absolute Gasteiger partial charge is 0.465 e. The van der Waals surface area contributed by atoms with Gasteiger partial charge in [-0.05, 0) is 0 Å². The summed E-state index contributed by atoms with van der Waals surface area (Å²) in [4.78, 5) is 34.4. The molecule has 0 atom stereocenters. The number of ether oxygens (including phenoxy) is 1. The molecule has 0 aromatic carbocycles. The first-order chi connectivity index (χ1) is 6.24. The normalized spacial score (nSPS) is 9.31. The van der Waals surface area contributed by atoms with Crippen LogP contribution < -0.4 is 0 Å². The molecule has 0 radical (unpaired) electrons. The maximum atomic E-state index is 11.0. The van der Waals surface area contributed by atoms with Gasteiger partial charge in [0, 0.05) is 6.20 Å². The fourth-order valence-electron chi connectivity index (χ4n) is 0.954. The SMILES string of the molecule is COC(=O)c1c[nH]c(C=O)c1C=O. The second-order valence-corrected chi connectivity index (χ2v) is 2.26. The van der Waals surface area contributed by atoms with Gasteiger partial charge in [0.1, 0.15) is 0 Å². The molecule has 0 amide bonds. The number of aldehydes is 2. The molecule has 5 heteroatoms. The zero-order chi connectivity index (χ0) is 9.84. The topological polar surface area (TPSA) is 76.2 Å². The van der Waals surface area contributed by atoms with Gasteiger partial charge in [-0.2, -0.15) is 0 Å². The number of H-pyrrole nitrogens is 1. The van der Waals surface area contributed by atoms with Crippen molar-refractivity contribution in [2.45, 2.75) is 0 Å². The molecular formula is C8H7NO4. The number of hydrogen-bond acceptors (Lipinski definition) is 4. The number of esters is 1. The summed E-state index contributed by atoms with van der Waals surface area (Å²) in [5, 5.41) is 0. The van der Waals surface area contributed by atoms with Gasteiger partial charge >= 0.3 is 5.97 Å². The Morgan fingerprint density at radius 2 is 2.15 bits per heavy atom. The molecule has 1 N–H and O–H groups in total. The van der Waals surface area contributed by atoms with E-state index in [4.69, 9.17) is 0 Å². The average Bonchev–Trinajstić information content (AvgIpc) is 2.58. The third kappa shape index (κ3) is 1.48. The fraction of sp³-hybridized carbons (Fsp3) is 0.125. The van der Waals surface area contributed by atoms with Crippen molar-refractivity contribution >= 4 is 18.5 Å². The Kier molecular flexibility index (Phi) is 2.59. The van der Waals surface area contributed by atoms with E-state index in [0.29, 0.717) is 12.6 Å². The number of rotatable bonds is 3. The molecule has 0 unspecified atom stereocenters. The lowest BCUT2D eigenvalue weighted by Crippen LogP contribution is -2.03. The highest BCUT2D eigenvalue weighted by atomic mass is 16.5. The highest BCUT2D eigenvalue weighted by Gasteiger charge is 2.16. The molecule has 1 rings (SSSR count). The summed E-state index contributed by atoms with van der Waals surface area (Å²) in [7, 11) is 1.20. The second kappa shape index (κ2) is 3.66. The van der Waals surface area contributed by atoms with Gasteiger partial charge in [0.2, 0.25) is 0 Å². The van der Waals surface area contributed by atoms with Crippen molar-refractivity contribution in [3.05, 3.63) is 23.0 Å². The van der Waals surface area contributed by atoms with Crippen molar-refractivity contribution in [2.24, 2.45) is 0 Å². The summed E-state index contributed by atoms with van der Waals surface area (Å²) >= 11 is 0. The summed E-state index contributed by atoms with van der Waals surface area (Å²) in [5.74, 6) is -0.647. The van der Waals surface area contributed by atoms with E-state index < -0.39 is 5.97 Å². The first-order valence-corrected chi connectivity index (χ1v) is 3.44. The Balaban J connectivity index is 3.22. The van der Waals surface area contributed by atoms with Crippen LogP contribution >= 0.6 is 0 Å². The summed E-state index contributed by atoms with van der Waals surface area (Å²) in [6.07, 6.45) is 2.17. The summed E-state index contributed by atoms with van der Waals surface area (Å²) < 4.78 is 4.40. The Labute approximate surface area is 73.7 Å². The molecule has 0 saturated carbocycles. The number of hydrogen-bond donors (Lipinski definition) is 1. The van der Waals surface area contributed by atoms with Gasteiger partial charge in [0.25, 0.3) is 0 Å². The average molecular weight is 181 g/mol. The van der Waals surface area contributed by atoms with Gasteiger partial charge in [-0.15, -0.1) is 0 Å². The van der Waals surface area contributed by atoms with E-state index >= 15 is 0 Å². The van der Waals surface area contributed by atoms with Crippen LogP contribution in [0.25, 0.3) is 0 Å². The highest BCUT2D eigenvalue weighted by molar-refractivity contribution is 6.02. The number of carbonyl (C=O) groups is 3. The van der Waals surface area contributed by atoms with Crippen molar-refractivity contribution in [3.8, 4) is 0 Å². The van der Waals surface area contributed by atoms with E-state index in [2.05, 4.69) is 9.72 Å². The van der Waals surface area contributed by atoms with Gasteiger partial charge in [0.15, 0.2) is 12.6 Å². The summed E-state index contributed by atoms with van der Waals surface area (Å²) in [6.45, 7) is 0. The van der Waals surface area contributed by atoms with Crippen molar-refractivity contribution < 1.29 is 19.1 Å². The monoisotopic (exact) mass is 181 g/mol. The molecule has 1 aromatic heterocycles. The fourth-order valence-corrected chi connectivity index (χ4v) is 0.954. The smallest absolute Gasteiger partial charge is 0.340 e. The third-order valence-corrected chi connectivity index (χ3v) is 1.59. The van der Waals surface area contributed by atoms with Crippen LogP contribution in [0.15, 0.2) is 6.20 Å². The maximum Gasteiger partial charge on any atom is 0.340 e. The Morgan fingerprint density at radius 1 is 1.46 bits per heavy atom. The first-order valence-electron chi connectivity index (χ1n) is 3.44. The lowest BCUT2D eigenvalue weighted by Gasteiger charge is -1.94. The highest BCUT2D eigenvalue weighted by Crippen LogP contribution is 2.10. The molecule has 0 aliphatic rings. The summed E-state index contributed by atoms with van der Waals surface area (Å²) in [5.41, 5.74) is 0.178. The van der Waals surface area contributed by atoms with Gasteiger partial charge < -0.3 is 9.72 Å². The molecule has 0 fully saturated rings. The Morgan fingerprint density at radius 3 is 2.62 bits per heavy atom. The molecule has 0 bridgehead atoms. The van der Waals surface area contributed by atoms with E-state index in [0.717, 1.165) is 0 Å². The van der Waals surface area contributed by atoms with Crippen LogP contribution in [0, 0.1) is 0 Å². The predicted molar refractivity (Wildman–Crippen MR) is 42.9 cm³/mol. The van der Waals surface area contributed by atoms with E-state index in [1.54, 1.807) is 0 Å². The second-order valence-electron chi connectivity index (χ2n) is 2.26. The molecule has 68 valence electrons. The van der Waals surface area contributed by atoms with Crippen LogP contribution in [0.1, 0.15) is 31.2 Å². The minimum absolute atomic E-state index is 0.0295. The lowest BCUT2D eigenvalue weighted by molar-refractivity contribution is 0.0598. The molecular weight excluding hydrogens is 174 g/mol. The zero-order valence-corrected chi connectivity index (χ0v) is 6.87. The Hall–Kier alpha value is -1.91. The van der Waals surface area contributed by atoms with Crippen molar-refractivity contribution in [3.63, 3.8) is 0 Å². The van der Waals surface area contributed by atoms with Gasteiger partial charge in [0.05, 0.1) is 23.9 Å². The van der Waals surface area contributed by atoms with Gasteiger partial charge in [-0.1, -0.05) is 0 Å². The number of aromatic amines is 1. The number of aromatic nitrogens is 1. The summed E-state index contributed by atoms with van der Waals surface area (Å²) in [6, 6.07) is 0. The van der Waals surface area contributed by atoms with Crippen LogP contribution in [-0.2, 0) is 4.74 Å². The van der Waals surface area contributed by atoms with Crippen LogP contribution in [-0.4, -0.2) is 30.6 Å². The predicted octanol–water partition coefficient (Wildman–Crippen LogP) is 0.426.